The molecule has 1 atom stereocenters. The van der Waals surface area contributed by atoms with E-state index >= 15 is 0 Å². The fraction of sp³-hybridized carbons (Fsp3) is 0.190. The highest BCUT2D eigenvalue weighted by Gasteiger charge is 2.34. The Morgan fingerprint density at radius 2 is 2.07 bits per heavy atom. The first kappa shape index (κ1) is 18.3. The maximum Gasteiger partial charge on any atom is 0.226 e. The Labute approximate surface area is 175 Å². The summed E-state index contributed by atoms with van der Waals surface area (Å²) in [5.74, 6) is -0.496. The van der Waals surface area contributed by atoms with Gasteiger partial charge in [-0.1, -0.05) is 29.0 Å². The summed E-state index contributed by atoms with van der Waals surface area (Å²) in [5, 5.41) is 8.63. The number of carbonyl (C=O) groups is 1. The monoisotopic (exact) mass is 426 g/mol. The zero-order chi connectivity index (χ0) is 20.3. The second-order valence-electron chi connectivity index (χ2n) is 7.20. The van der Waals surface area contributed by atoms with Crippen LogP contribution in [0.15, 0.2) is 36.4 Å². The van der Waals surface area contributed by atoms with E-state index in [1.165, 1.54) is 23.5 Å². The lowest BCUT2D eigenvalue weighted by Crippen LogP contribution is -2.25. The Morgan fingerprint density at radius 1 is 1.24 bits per heavy atom. The number of hydrogen-bond donors (Lipinski definition) is 1. The number of halogens is 2. The van der Waals surface area contributed by atoms with Crippen molar-refractivity contribution in [2.75, 3.05) is 5.32 Å². The number of thiazole rings is 1. The van der Waals surface area contributed by atoms with Gasteiger partial charge in [0.2, 0.25) is 11.0 Å². The number of amides is 1. The van der Waals surface area contributed by atoms with Crippen molar-refractivity contribution >= 4 is 44.9 Å². The molecule has 4 aromatic rings. The summed E-state index contributed by atoms with van der Waals surface area (Å²) in [7, 11) is 0. The van der Waals surface area contributed by atoms with E-state index in [4.69, 9.17) is 11.6 Å². The minimum atomic E-state index is -0.456. The van der Waals surface area contributed by atoms with Crippen LogP contribution in [0.25, 0.3) is 15.3 Å². The van der Waals surface area contributed by atoms with E-state index in [0.717, 1.165) is 27.0 Å². The van der Waals surface area contributed by atoms with Gasteiger partial charge in [0, 0.05) is 22.9 Å². The Bertz CT molecular complexity index is 1300. The highest BCUT2D eigenvalue weighted by Crippen LogP contribution is 2.42. The van der Waals surface area contributed by atoms with Crippen LogP contribution in [-0.2, 0) is 4.79 Å². The largest absolute Gasteiger partial charge is 0.310 e. The van der Waals surface area contributed by atoms with E-state index in [-0.39, 0.29) is 18.1 Å². The van der Waals surface area contributed by atoms with Gasteiger partial charge in [-0.25, -0.2) is 9.37 Å². The van der Waals surface area contributed by atoms with Crippen molar-refractivity contribution in [1.82, 2.24) is 14.8 Å². The third kappa shape index (κ3) is 3.01. The summed E-state index contributed by atoms with van der Waals surface area (Å²) in [5.41, 5.74) is 3.94. The zero-order valence-corrected chi connectivity index (χ0v) is 17.2. The molecule has 0 spiro atoms. The van der Waals surface area contributed by atoms with Crippen molar-refractivity contribution in [3.8, 4) is 5.13 Å². The first-order valence-electron chi connectivity index (χ1n) is 9.12. The van der Waals surface area contributed by atoms with Crippen LogP contribution in [-0.4, -0.2) is 20.7 Å². The van der Waals surface area contributed by atoms with Gasteiger partial charge >= 0.3 is 0 Å². The van der Waals surface area contributed by atoms with Gasteiger partial charge in [-0.2, -0.15) is 9.78 Å². The molecule has 5 nitrogen and oxygen atoms in total. The van der Waals surface area contributed by atoms with Crippen molar-refractivity contribution in [2.24, 2.45) is 0 Å². The minimum absolute atomic E-state index is 0.135. The predicted octanol–water partition coefficient (Wildman–Crippen LogP) is 5.37. The molecule has 1 N–H and O–H groups in total. The van der Waals surface area contributed by atoms with Crippen LogP contribution in [0.1, 0.15) is 34.7 Å². The number of nitrogens with zero attached hydrogens (tertiary/aromatic N) is 3. The summed E-state index contributed by atoms with van der Waals surface area (Å²) in [6, 6.07) is 10.5. The smallest absolute Gasteiger partial charge is 0.226 e. The molecule has 2 aromatic heterocycles. The maximum atomic E-state index is 14.6. The lowest BCUT2D eigenvalue weighted by molar-refractivity contribution is -0.116. The average molecular weight is 427 g/mol. The highest BCUT2D eigenvalue weighted by molar-refractivity contribution is 7.20. The van der Waals surface area contributed by atoms with Gasteiger partial charge in [-0.15, -0.1) is 0 Å². The fourth-order valence-electron chi connectivity index (χ4n) is 3.84. The average Bonchev–Trinajstić information content (AvgIpc) is 3.23. The molecule has 0 radical (unpaired) electrons. The molecule has 1 amide bonds. The van der Waals surface area contributed by atoms with E-state index < -0.39 is 5.92 Å². The molecular weight excluding hydrogens is 411 g/mol. The van der Waals surface area contributed by atoms with Gasteiger partial charge in [-0.3, -0.25) is 4.79 Å². The second kappa shape index (κ2) is 6.64. The molecule has 0 saturated heterocycles. The summed E-state index contributed by atoms with van der Waals surface area (Å²) >= 11 is 7.60. The molecule has 1 aliphatic rings. The lowest BCUT2D eigenvalue weighted by atomic mass is 9.85. The van der Waals surface area contributed by atoms with Crippen LogP contribution in [0.5, 0.6) is 0 Å². The van der Waals surface area contributed by atoms with Gasteiger partial charge < -0.3 is 5.32 Å². The van der Waals surface area contributed by atoms with Crippen LogP contribution in [0, 0.1) is 19.7 Å². The molecular formula is C21H16ClFN4OS. The Kier molecular flexibility index (Phi) is 4.18. The molecule has 0 saturated carbocycles. The lowest BCUT2D eigenvalue weighted by Gasteiger charge is -2.24. The van der Waals surface area contributed by atoms with Crippen molar-refractivity contribution in [1.29, 1.82) is 0 Å². The van der Waals surface area contributed by atoms with E-state index in [2.05, 4.69) is 21.5 Å². The molecule has 0 fully saturated rings. The number of rotatable bonds is 2. The summed E-state index contributed by atoms with van der Waals surface area (Å²) in [6.45, 7) is 3.89. The standard InChI is InChI=1S/C21H16ClFN4OS/c1-10-3-6-16-17(7-10)29-21(24-16)27-20-19(11(2)26-27)14(9-18(28)25-20)13-8-12(22)4-5-15(13)23/h3-8,14H,9H2,1-2H3,(H,25,28). The molecule has 8 heteroatoms. The molecule has 146 valence electrons. The Morgan fingerprint density at radius 3 is 2.90 bits per heavy atom. The second-order valence-corrected chi connectivity index (χ2v) is 8.64. The number of aryl methyl sites for hydroxylation is 2. The summed E-state index contributed by atoms with van der Waals surface area (Å²) in [4.78, 5) is 17.2. The number of nitrogens with one attached hydrogen (secondary N) is 1. The third-order valence-corrected chi connectivity index (χ3v) is 6.38. The van der Waals surface area contributed by atoms with Crippen LogP contribution in [0.4, 0.5) is 10.2 Å². The molecule has 1 unspecified atom stereocenters. The summed E-state index contributed by atoms with van der Waals surface area (Å²) < 4.78 is 17.3. The molecule has 3 heterocycles. The number of fused-ring (bicyclic) bond motifs is 2. The van der Waals surface area contributed by atoms with Gasteiger partial charge in [0.1, 0.15) is 11.6 Å². The van der Waals surface area contributed by atoms with E-state index in [1.54, 1.807) is 10.7 Å². The normalized spacial score (nSPS) is 16.1. The van der Waals surface area contributed by atoms with Gasteiger partial charge in [0.05, 0.1) is 15.9 Å². The molecule has 1 aliphatic heterocycles. The number of aromatic nitrogens is 3. The van der Waals surface area contributed by atoms with Crippen LogP contribution in [0.2, 0.25) is 5.02 Å². The number of carbonyl (C=O) groups excluding carboxylic acids is 1. The van der Waals surface area contributed by atoms with Crippen molar-refractivity contribution < 1.29 is 9.18 Å². The molecule has 0 aliphatic carbocycles. The SMILES string of the molecule is Cc1ccc2nc(-n3nc(C)c4c3NC(=O)CC4c3cc(Cl)ccc3F)sc2c1. The van der Waals surface area contributed by atoms with Crippen molar-refractivity contribution in [3.05, 3.63) is 69.6 Å². The molecule has 5 rings (SSSR count). The number of anilines is 1. The predicted molar refractivity (Wildman–Crippen MR) is 113 cm³/mol. The quantitative estimate of drug-likeness (QED) is 0.469. The first-order valence-corrected chi connectivity index (χ1v) is 10.3. The number of benzene rings is 2. The van der Waals surface area contributed by atoms with Gasteiger partial charge in [0.15, 0.2) is 0 Å². The fourth-order valence-corrected chi connectivity index (χ4v) is 5.05. The van der Waals surface area contributed by atoms with Crippen LogP contribution in [0.3, 0.4) is 0 Å². The van der Waals surface area contributed by atoms with E-state index in [9.17, 15) is 9.18 Å². The van der Waals surface area contributed by atoms with E-state index in [1.807, 2.05) is 26.0 Å². The number of hydrogen-bond acceptors (Lipinski definition) is 4. The highest BCUT2D eigenvalue weighted by atomic mass is 35.5. The molecule has 0 bridgehead atoms. The molecule has 2 aromatic carbocycles. The zero-order valence-electron chi connectivity index (χ0n) is 15.7. The van der Waals surface area contributed by atoms with Crippen LogP contribution < -0.4 is 5.32 Å². The first-order chi connectivity index (χ1) is 13.9. The third-order valence-electron chi connectivity index (χ3n) is 5.15. The minimum Gasteiger partial charge on any atom is -0.310 e. The van der Waals surface area contributed by atoms with Crippen molar-refractivity contribution in [2.45, 2.75) is 26.2 Å². The van der Waals surface area contributed by atoms with Gasteiger partial charge in [-0.05, 0) is 55.3 Å². The van der Waals surface area contributed by atoms with Gasteiger partial charge in [0.25, 0.3) is 0 Å². The van der Waals surface area contributed by atoms with Crippen molar-refractivity contribution in [3.63, 3.8) is 0 Å². The maximum absolute atomic E-state index is 14.6. The topological polar surface area (TPSA) is 59.8 Å². The molecule has 29 heavy (non-hydrogen) atoms. The Hall–Kier alpha value is -2.77. The van der Waals surface area contributed by atoms with Crippen LogP contribution >= 0.6 is 22.9 Å². The van der Waals surface area contributed by atoms with E-state index in [0.29, 0.717) is 21.5 Å². The Balaban J connectivity index is 1.69. The summed E-state index contributed by atoms with van der Waals surface area (Å²) in [6.07, 6.45) is 0.135.